The Labute approximate surface area is 219 Å². The van der Waals surface area contributed by atoms with Crippen molar-refractivity contribution in [1.29, 1.82) is 0 Å². The molecule has 1 radical (unpaired) electrons. The molecule has 0 aromatic heterocycles. The van der Waals surface area contributed by atoms with E-state index < -0.39 is 33.7 Å². The van der Waals surface area contributed by atoms with Gasteiger partial charge in [-0.2, -0.15) is 8.42 Å². The van der Waals surface area contributed by atoms with Crippen LogP contribution < -0.4 is 0 Å². The van der Waals surface area contributed by atoms with Gasteiger partial charge in [0.25, 0.3) is 10.1 Å². The molecule has 0 aliphatic carbocycles. The molecule has 0 aromatic rings. The molecule has 0 saturated heterocycles. The first-order valence-electron chi connectivity index (χ1n) is 10.5. The van der Waals surface area contributed by atoms with Gasteiger partial charge in [-0.1, -0.05) is 66.2 Å². The second-order valence-electron chi connectivity index (χ2n) is 7.35. The van der Waals surface area contributed by atoms with Crippen molar-refractivity contribution in [1.82, 2.24) is 0 Å². The zero-order valence-corrected chi connectivity index (χ0v) is 22.8. The van der Waals surface area contributed by atoms with Crippen LogP contribution in [0.2, 0.25) is 0 Å². The molecule has 0 aliphatic heterocycles. The molecule has 0 aromatic carbocycles. The van der Waals surface area contributed by atoms with E-state index in [9.17, 15) is 22.6 Å². The Kier molecular flexibility index (Phi) is 19.8. The molecule has 0 saturated carbocycles. The molecule has 1 N–H and O–H groups in total. The average molecular weight is 462 g/mol. The smallest absolute Gasteiger partial charge is 0.327 e. The predicted molar refractivity (Wildman–Crippen MR) is 114 cm³/mol. The average Bonchev–Trinajstić information content (AvgIpc) is 2.65. The SMILES string of the molecule is CCCCC(CC)COC(=O)CC(C(=O)OCC(CC)CCCC)S(=O)(=O)O.[K]. The monoisotopic (exact) mass is 461 g/mol. The summed E-state index contributed by atoms with van der Waals surface area (Å²) in [5, 5.41) is -1.95. The fourth-order valence-corrected chi connectivity index (χ4v) is 3.48. The van der Waals surface area contributed by atoms with E-state index in [-0.39, 0.29) is 76.4 Å². The number of esters is 2. The molecule has 29 heavy (non-hydrogen) atoms. The van der Waals surface area contributed by atoms with E-state index in [4.69, 9.17) is 9.47 Å². The second-order valence-corrected chi connectivity index (χ2v) is 8.95. The van der Waals surface area contributed by atoms with E-state index >= 15 is 0 Å². The van der Waals surface area contributed by atoms with Gasteiger partial charge in [0.1, 0.15) is 0 Å². The second kappa shape index (κ2) is 18.1. The molecule has 0 fully saturated rings. The first-order chi connectivity index (χ1) is 13.2. The summed E-state index contributed by atoms with van der Waals surface area (Å²) in [5.41, 5.74) is 0. The number of hydrogen-bond acceptors (Lipinski definition) is 6. The molecule has 7 nitrogen and oxygen atoms in total. The van der Waals surface area contributed by atoms with Crippen LogP contribution in [0, 0.1) is 11.8 Å². The van der Waals surface area contributed by atoms with Crippen molar-refractivity contribution in [2.75, 3.05) is 13.2 Å². The molecule has 9 heteroatoms. The van der Waals surface area contributed by atoms with Crippen molar-refractivity contribution >= 4 is 73.4 Å². The number of rotatable bonds is 16. The van der Waals surface area contributed by atoms with Crippen molar-refractivity contribution in [3.8, 4) is 0 Å². The Morgan fingerprint density at radius 3 is 1.69 bits per heavy atom. The summed E-state index contributed by atoms with van der Waals surface area (Å²) in [5.74, 6) is -1.61. The molecule has 0 amide bonds. The van der Waals surface area contributed by atoms with Gasteiger partial charge in [-0.3, -0.25) is 14.1 Å². The van der Waals surface area contributed by atoms with Gasteiger partial charge in [-0.15, -0.1) is 0 Å². The molecule has 0 heterocycles. The quantitative estimate of drug-likeness (QED) is 0.212. The third-order valence-corrected chi connectivity index (χ3v) is 6.08. The summed E-state index contributed by atoms with van der Waals surface area (Å²) in [4.78, 5) is 24.2. The Hall–Kier alpha value is 0.486. The first kappa shape index (κ1) is 31.7. The predicted octanol–water partition coefficient (Wildman–Crippen LogP) is 3.77. The van der Waals surface area contributed by atoms with Crippen LogP contribution in [0.15, 0.2) is 0 Å². The zero-order valence-electron chi connectivity index (χ0n) is 18.8. The van der Waals surface area contributed by atoms with Crippen LogP contribution in [-0.4, -0.2) is 94.8 Å². The van der Waals surface area contributed by atoms with Gasteiger partial charge in [0.15, 0.2) is 5.25 Å². The topological polar surface area (TPSA) is 107 Å². The van der Waals surface area contributed by atoms with Gasteiger partial charge >= 0.3 is 11.9 Å². The summed E-state index contributed by atoms with van der Waals surface area (Å²) in [6, 6.07) is 0. The summed E-state index contributed by atoms with van der Waals surface area (Å²) in [7, 11) is -4.76. The van der Waals surface area contributed by atoms with Crippen molar-refractivity contribution in [3.05, 3.63) is 0 Å². The minimum absolute atomic E-state index is 0. The number of ether oxygens (including phenoxy) is 2. The third-order valence-electron chi connectivity index (χ3n) is 5.00. The third kappa shape index (κ3) is 15.0. The Balaban J connectivity index is 0. The normalized spacial score (nSPS) is 14.4. The van der Waals surface area contributed by atoms with Crippen molar-refractivity contribution < 1.29 is 32.0 Å². The van der Waals surface area contributed by atoms with Crippen LogP contribution >= 0.6 is 0 Å². The number of unbranched alkanes of at least 4 members (excludes halogenated alkanes) is 2. The molecule has 3 atom stereocenters. The molecule has 0 aliphatic rings. The number of carbonyl (C=O) groups is 2. The summed E-state index contributed by atoms with van der Waals surface area (Å²) < 4.78 is 42.8. The van der Waals surface area contributed by atoms with E-state index in [0.29, 0.717) is 0 Å². The van der Waals surface area contributed by atoms with E-state index in [0.717, 1.165) is 51.4 Å². The molecular weight excluding hydrogens is 423 g/mol. The van der Waals surface area contributed by atoms with Crippen molar-refractivity contribution in [2.45, 2.75) is 90.7 Å². The standard InChI is InChI=1S/C20H38O7S.K/c1-5-9-11-16(7-3)14-26-19(21)13-18(28(23,24)25)20(22)27-15-17(8-4)12-10-6-2;/h16-18H,5-15H2,1-4H3,(H,23,24,25);. The van der Waals surface area contributed by atoms with Crippen LogP contribution in [0.4, 0.5) is 0 Å². The molecular formula is C20H38KO7S. The van der Waals surface area contributed by atoms with Gasteiger partial charge in [0.2, 0.25) is 0 Å². The largest absolute Gasteiger partial charge is 0.465 e. The maximum atomic E-state index is 12.2. The first-order valence-corrected chi connectivity index (χ1v) is 12.0. The fraction of sp³-hybridized carbons (Fsp3) is 0.900. The van der Waals surface area contributed by atoms with Crippen molar-refractivity contribution in [3.63, 3.8) is 0 Å². The van der Waals surface area contributed by atoms with Crippen LogP contribution in [0.5, 0.6) is 0 Å². The van der Waals surface area contributed by atoms with Gasteiger partial charge in [-0.25, -0.2) is 0 Å². The van der Waals surface area contributed by atoms with Gasteiger partial charge in [0.05, 0.1) is 19.6 Å². The van der Waals surface area contributed by atoms with Gasteiger partial charge in [-0.05, 0) is 24.7 Å². The summed E-state index contributed by atoms with van der Waals surface area (Å²) in [6.45, 7) is 8.35. The Morgan fingerprint density at radius 1 is 0.862 bits per heavy atom. The van der Waals surface area contributed by atoms with Gasteiger partial charge < -0.3 is 9.47 Å². The van der Waals surface area contributed by atoms with E-state index in [2.05, 4.69) is 13.8 Å². The summed E-state index contributed by atoms with van der Waals surface area (Å²) in [6.07, 6.45) is 6.74. The molecule has 0 bridgehead atoms. The minimum Gasteiger partial charge on any atom is -0.465 e. The minimum atomic E-state index is -4.76. The van der Waals surface area contributed by atoms with Crippen LogP contribution in [0.25, 0.3) is 0 Å². The number of hydrogen-bond donors (Lipinski definition) is 1. The molecule has 167 valence electrons. The van der Waals surface area contributed by atoms with Crippen LogP contribution in [0.3, 0.4) is 0 Å². The fourth-order valence-electron chi connectivity index (χ4n) is 2.82. The Morgan fingerprint density at radius 2 is 1.31 bits per heavy atom. The molecule has 3 unspecified atom stereocenters. The van der Waals surface area contributed by atoms with Gasteiger partial charge in [0, 0.05) is 51.4 Å². The van der Waals surface area contributed by atoms with E-state index in [1.54, 1.807) is 0 Å². The van der Waals surface area contributed by atoms with Crippen molar-refractivity contribution in [2.24, 2.45) is 11.8 Å². The molecule has 0 spiro atoms. The summed E-state index contributed by atoms with van der Waals surface area (Å²) >= 11 is 0. The van der Waals surface area contributed by atoms with Crippen LogP contribution in [-0.2, 0) is 29.2 Å². The maximum absolute atomic E-state index is 12.2. The number of carbonyl (C=O) groups excluding carboxylic acids is 2. The Bertz CT molecular complexity index is 551. The van der Waals surface area contributed by atoms with E-state index in [1.807, 2.05) is 13.8 Å². The molecule has 0 rings (SSSR count). The van der Waals surface area contributed by atoms with Crippen LogP contribution in [0.1, 0.15) is 85.5 Å². The zero-order chi connectivity index (χ0) is 21.6. The van der Waals surface area contributed by atoms with E-state index in [1.165, 1.54) is 0 Å². The maximum Gasteiger partial charge on any atom is 0.327 e.